The van der Waals surface area contributed by atoms with Gasteiger partial charge in [0.15, 0.2) is 5.65 Å². The highest BCUT2D eigenvalue weighted by atomic mass is 19.4. The van der Waals surface area contributed by atoms with E-state index in [0.29, 0.717) is 49.6 Å². The summed E-state index contributed by atoms with van der Waals surface area (Å²) in [4.78, 5) is 32.4. The molecule has 1 aromatic carbocycles. The fourth-order valence-electron chi connectivity index (χ4n) is 4.72. The Morgan fingerprint density at radius 2 is 1.71 bits per heavy atom. The zero-order valence-electron chi connectivity index (χ0n) is 18.7. The van der Waals surface area contributed by atoms with E-state index in [2.05, 4.69) is 14.6 Å². The summed E-state index contributed by atoms with van der Waals surface area (Å²) in [7, 11) is 1.61. The highest BCUT2D eigenvalue weighted by molar-refractivity contribution is 5.71. The lowest BCUT2D eigenvalue weighted by Gasteiger charge is -2.33. The van der Waals surface area contributed by atoms with E-state index in [4.69, 9.17) is 0 Å². The van der Waals surface area contributed by atoms with Gasteiger partial charge in [0.2, 0.25) is 0 Å². The van der Waals surface area contributed by atoms with Gasteiger partial charge in [0, 0.05) is 38.9 Å². The fourth-order valence-corrected chi connectivity index (χ4v) is 4.72. The fraction of sp³-hybridized carbons (Fsp3) is 0.458. The van der Waals surface area contributed by atoms with Crippen LogP contribution in [0.25, 0.3) is 11.2 Å². The van der Waals surface area contributed by atoms with Gasteiger partial charge < -0.3 is 9.30 Å². The van der Waals surface area contributed by atoms with Crippen LogP contribution in [0.2, 0.25) is 0 Å². The Hall–Kier alpha value is -3.14. The third-order valence-corrected chi connectivity index (χ3v) is 6.70. The molecule has 5 rings (SSSR count). The number of likely N-dealkylation sites (tertiary alicyclic amines) is 1. The lowest BCUT2D eigenvalue weighted by atomic mass is 10.0. The second-order valence-corrected chi connectivity index (χ2v) is 9.12. The van der Waals surface area contributed by atoms with E-state index in [1.54, 1.807) is 23.7 Å². The van der Waals surface area contributed by atoms with Gasteiger partial charge in [-0.1, -0.05) is 12.1 Å². The maximum absolute atomic E-state index is 12.9. The second kappa shape index (κ2) is 8.57. The average molecular weight is 474 g/mol. The van der Waals surface area contributed by atoms with E-state index in [9.17, 15) is 22.8 Å². The first-order valence-electron chi connectivity index (χ1n) is 11.4. The summed E-state index contributed by atoms with van der Waals surface area (Å²) in [5.41, 5.74) is 2.09. The van der Waals surface area contributed by atoms with Crippen molar-refractivity contribution in [2.24, 2.45) is 7.05 Å². The standard InChI is InChI=1S/C24H25F3N4O3/c1-29-20-12-17(16-4-5-16)13-28-21(20)31(23(33)22(29)32)18-8-10-30(11-9-18)14-15-2-6-19(7-3-15)34-24(25,26)27/h2-3,6-7,12-13,16,18H,4-5,8-11,14H2,1H3. The van der Waals surface area contributed by atoms with Crippen LogP contribution in [0.5, 0.6) is 5.75 Å². The van der Waals surface area contributed by atoms with Gasteiger partial charge in [-0.15, -0.1) is 13.2 Å². The van der Waals surface area contributed by atoms with Crippen molar-refractivity contribution in [3.8, 4) is 5.75 Å². The van der Waals surface area contributed by atoms with Gasteiger partial charge in [-0.25, -0.2) is 4.98 Å². The second-order valence-electron chi connectivity index (χ2n) is 9.12. The van der Waals surface area contributed by atoms with E-state index in [1.807, 2.05) is 12.3 Å². The van der Waals surface area contributed by atoms with Gasteiger partial charge in [0.25, 0.3) is 0 Å². The summed E-state index contributed by atoms with van der Waals surface area (Å²) in [6.45, 7) is 1.96. The molecule has 1 saturated carbocycles. The number of rotatable bonds is 5. The monoisotopic (exact) mass is 474 g/mol. The lowest BCUT2D eigenvalue weighted by Crippen LogP contribution is -2.45. The Balaban J connectivity index is 1.31. The number of nitrogens with zero attached hydrogens (tertiary/aromatic N) is 4. The van der Waals surface area contributed by atoms with Crippen LogP contribution in [-0.4, -0.2) is 38.5 Å². The zero-order chi connectivity index (χ0) is 24.0. The number of hydrogen-bond acceptors (Lipinski definition) is 5. The van der Waals surface area contributed by atoms with Crippen molar-refractivity contribution in [1.82, 2.24) is 19.0 Å². The number of halogens is 3. The van der Waals surface area contributed by atoms with Crippen molar-refractivity contribution in [3.63, 3.8) is 0 Å². The highest BCUT2D eigenvalue weighted by Crippen LogP contribution is 2.40. The summed E-state index contributed by atoms with van der Waals surface area (Å²) >= 11 is 0. The predicted molar refractivity (Wildman–Crippen MR) is 120 cm³/mol. The minimum absolute atomic E-state index is 0.137. The van der Waals surface area contributed by atoms with Crippen LogP contribution in [0.4, 0.5) is 13.2 Å². The maximum atomic E-state index is 12.9. The van der Waals surface area contributed by atoms with Gasteiger partial charge in [-0.3, -0.25) is 19.1 Å². The van der Waals surface area contributed by atoms with E-state index < -0.39 is 17.5 Å². The summed E-state index contributed by atoms with van der Waals surface area (Å²) in [5.74, 6) is 0.244. The van der Waals surface area contributed by atoms with Crippen molar-refractivity contribution in [2.45, 2.75) is 50.6 Å². The van der Waals surface area contributed by atoms with Crippen LogP contribution in [0.3, 0.4) is 0 Å². The molecule has 1 saturated heterocycles. The molecule has 3 aromatic rings. The van der Waals surface area contributed by atoms with Gasteiger partial charge in [0.1, 0.15) is 5.75 Å². The molecule has 1 aliphatic heterocycles. The van der Waals surface area contributed by atoms with Gasteiger partial charge in [-0.05, 0) is 60.9 Å². The molecule has 2 aliphatic rings. The van der Waals surface area contributed by atoms with Crippen LogP contribution >= 0.6 is 0 Å². The first-order valence-corrected chi connectivity index (χ1v) is 11.4. The average Bonchev–Trinajstić information content (AvgIpc) is 3.65. The molecule has 34 heavy (non-hydrogen) atoms. The first kappa shape index (κ1) is 22.6. The number of ether oxygens (including phenoxy) is 1. The van der Waals surface area contributed by atoms with Gasteiger partial charge >= 0.3 is 17.5 Å². The Morgan fingerprint density at radius 3 is 2.32 bits per heavy atom. The number of benzene rings is 1. The quantitative estimate of drug-likeness (QED) is 0.528. The Morgan fingerprint density at radius 1 is 1.03 bits per heavy atom. The van der Waals surface area contributed by atoms with Crippen molar-refractivity contribution in [3.05, 3.63) is 68.4 Å². The molecule has 0 amide bonds. The summed E-state index contributed by atoms with van der Waals surface area (Å²) in [5, 5.41) is 0. The molecule has 2 fully saturated rings. The number of fused-ring (bicyclic) bond motifs is 1. The SMILES string of the molecule is Cn1c(=O)c(=O)n(C2CCN(Cc3ccc(OC(F)(F)F)cc3)CC2)c2ncc(C3CC3)cc21. The van der Waals surface area contributed by atoms with Crippen molar-refractivity contribution in [2.75, 3.05) is 13.1 Å². The molecule has 2 aromatic heterocycles. The highest BCUT2D eigenvalue weighted by Gasteiger charge is 2.31. The number of aryl methyl sites for hydroxylation is 1. The largest absolute Gasteiger partial charge is 0.573 e. The van der Waals surface area contributed by atoms with Crippen LogP contribution < -0.4 is 15.9 Å². The Kier molecular flexibility index (Phi) is 5.71. The normalized spacial score (nSPS) is 17.9. The van der Waals surface area contributed by atoms with E-state index in [-0.39, 0.29) is 11.8 Å². The van der Waals surface area contributed by atoms with Crippen LogP contribution in [0.15, 0.2) is 46.1 Å². The van der Waals surface area contributed by atoms with Crippen LogP contribution in [0.1, 0.15) is 48.8 Å². The third-order valence-electron chi connectivity index (χ3n) is 6.70. The van der Waals surface area contributed by atoms with E-state index in [1.165, 1.54) is 16.7 Å². The number of alkyl halides is 3. The first-order chi connectivity index (χ1) is 16.2. The van der Waals surface area contributed by atoms with E-state index in [0.717, 1.165) is 24.0 Å². The Labute approximate surface area is 193 Å². The molecule has 10 heteroatoms. The molecule has 0 N–H and O–H groups in total. The minimum Gasteiger partial charge on any atom is -0.406 e. The molecule has 0 unspecified atom stereocenters. The number of piperidine rings is 1. The molecule has 180 valence electrons. The van der Waals surface area contributed by atoms with Gasteiger partial charge in [0.05, 0.1) is 5.52 Å². The topological polar surface area (TPSA) is 69.4 Å². The minimum atomic E-state index is -4.71. The van der Waals surface area contributed by atoms with E-state index >= 15 is 0 Å². The molecule has 7 nitrogen and oxygen atoms in total. The number of hydrogen-bond donors (Lipinski definition) is 0. The lowest BCUT2D eigenvalue weighted by molar-refractivity contribution is -0.274. The maximum Gasteiger partial charge on any atom is 0.573 e. The predicted octanol–water partition coefficient (Wildman–Crippen LogP) is 3.71. The molecular formula is C24H25F3N4O3. The molecule has 0 radical (unpaired) electrons. The molecular weight excluding hydrogens is 449 g/mol. The smallest absolute Gasteiger partial charge is 0.406 e. The molecule has 0 bridgehead atoms. The summed E-state index contributed by atoms with van der Waals surface area (Å²) in [6.07, 6.45) is 0.696. The Bertz CT molecular complexity index is 1320. The number of pyridine rings is 1. The van der Waals surface area contributed by atoms with Crippen molar-refractivity contribution in [1.29, 1.82) is 0 Å². The molecule has 1 aliphatic carbocycles. The molecule has 3 heterocycles. The summed E-state index contributed by atoms with van der Waals surface area (Å²) < 4.78 is 43.9. The zero-order valence-corrected chi connectivity index (χ0v) is 18.7. The third kappa shape index (κ3) is 4.59. The van der Waals surface area contributed by atoms with Crippen molar-refractivity contribution < 1.29 is 17.9 Å². The molecule has 0 atom stereocenters. The molecule has 0 spiro atoms. The summed E-state index contributed by atoms with van der Waals surface area (Å²) in [6, 6.07) is 7.70. The van der Waals surface area contributed by atoms with Gasteiger partial charge in [-0.2, -0.15) is 0 Å². The van der Waals surface area contributed by atoms with Crippen molar-refractivity contribution >= 4 is 11.2 Å². The van der Waals surface area contributed by atoms with Crippen LogP contribution in [-0.2, 0) is 13.6 Å². The number of aromatic nitrogens is 3. The van der Waals surface area contributed by atoms with Crippen LogP contribution in [0, 0.1) is 0 Å².